The Morgan fingerprint density at radius 3 is 2.73 bits per heavy atom. The molecule has 2 N–H and O–H groups in total. The van der Waals surface area contributed by atoms with Crippen LogP contribution in [0.3, 0.4) is 0 Å². The lowest BCUT2D eigenvalue weighted by molar-refractivity contribution is -0.117. The summed E-state index contributed by atoms with van der Waals surface area (Å²) in [4.78, 5) is 26.6. The van der Waals surface area contributed by atoms with Gasteiger partial charge in [-0.25, -0.2) is 4.68 Å². The molecule has 2 fully saturated rings. The molecule has 9 nitrogen and oxygen atoms in total. The van der Waals surface area contributed by atoms with Gasteiger partial charge in [-0.3, -0.25) is 13.8 Å². The van der Waals surface area contributed by atoms with Crippen LogP contribution in [0.5, 0.6) is 0 Å². The minimum Gasteiger partial charge on any atom is -0.352 e. The molecular weight excluding hydrogens is 424 g/mol. The van der Waals surface area contributed by atoms with Gasteiger partial charge in [0, 0.05) is 23.6 Å². The fourth-order valence-electron chi connectivity index (χ4n) is 3.91. The predicted octanol–water partition coefficient (Wildman–Crippen LogP) is 1.69. The number of amides is 2. The van der Waals surface area contributed by atoms with Crippen LogP contribution in [0.1, 0.15) is 58.9 Å². The molecule has 0 bridgehead atoms. The van der Waals surface area contributed by atoms with Crippen LogP contribution < -0.4 is 10.6 Å². The van der Waals surface area contributed by atoms with E-state index in [9.17, 15) is 13.8 Å². The summed E-state index contributed by atoms with van der Waals surface area (Å²) in [5.41, 5.74) is 1.54. The highest BCUT2D eigenvalue weighted by Gasteiger charge is 2.35. The summed E-state index contributed by atoms with van der Waals surface area (Å²) in [6.07, 6.45) is 7.84. The van der Waals surface area contributed by atoms with Crippen LogP contribution in [0.25, 0.3) is 0 Å². The molecule has 2 aromatic rings. The van der Waals surface area contributed by atoms with Gasteiger partial charge in [0.15, 0.2) is 0 Å². The fraction of sp³-hybridized carbons (Fsp3) is 0.632. The van der Waals surface area contributed by atoms with E-state index < -0.39 is 10.8 Å². The second kappa shape index (κ2) is 7.84. The van der Waals surface area contributed by atoms with Crippen LogP contribution in [0.2, 0.25) is 0 Å². The molecule has 5 rings (SSSR count). The van der Waals surface area contributed by atoms with E-state index in [2.05, 4.69) is 26.2 Å². The van der Waals surface area contributed by atoms with Crippen molar-refractivity contribution in [3.8, 4) is 0 Å². The molecule has 2 aromatic heterocycles. The number of carbonyl (C=O) groups is 2. The van der Waals surface area contributed by atoms with E-state index in [4.69, 9.17) is 0 Å². The number of fused-ring (bicyclic) bond motifs is 1. The van der Waals surface area contributed by atoms with Crippen molar-refractivity contribution in [2.75, 3.05) is 18.1 Å². The monoisotopic (exact) mass is 448 g/mol. The fourth-order valence-corrected chi connectivity index (χ4v) is 5.76. The highest BCUT2D eigenvalue weighted by atomic mass is 32.2. The highest BCUT2D eigenvalue weighted by Crippen LogP contribution is 2.42. The summed E-state index contributed by atoms with van der Waals surface area (Å²) < 4.78 is 13.6. The molecule has 0 spiro atoms. The molecule has 0 radical (unpaired) electrons. The van der Waals surface area contributed by atoms with Crippen molar-refractivity contribution in [2.24, 2.45) is 11.8 Å². The van der Waals surface area contributed by atoms with Crippen LogP contribution in [-0.2, 0) is 28.4 Å². The minimum absolute atomic E-state index is 0.00512. The van der Waals surface area contributed by atoms with Gasteiger partial charge >= 0.3 is 0 Å². The van der Waals surface area contributed by atoms with Gasteiger partial charge in [0.2, 0.25) is 11.1 Å². The Hall–Kier alpha value is -2.14. The molecule has 2 amide bonds. The maximum absolute atomic E-state index is 13.1. The van der Waals surface area contributed by atoms with E-state index in [1.165, 1.54) is 11.3 Å². The van der Waals surface area contributed by atoms with Crippen LogP contribution in [0.4, 0.5) is 5.00 Å². The van der Waals surface area contributed by atoms with Gasteiger partial charge in [0.25, 0.3) is 5.91 Å². The summed E-state index contributed by atoms with van der Waals surface area (Å²) in [5, 5.41) is 18.7. The summed E-state index contributed by atoms with van der Waals surface area (Å²) in [6.45, 7) is 0.675. The second-order valence-corrected chi connectivity index (χ2v) is 10.8. The number of tetrazole rings is 1. The molecule has 0 aliphatic heterocycles. The van der Waals surface area contributed by atoms with Crippen molar-refractivity contribution in [1.29, 1.82) is 0 Å². The Labute approximate surface area is 180 Å². The highest BCUT2D eigenvalue weighted by molar-refractivity contribution is 7.84. The van der Waals surface area contributed by atoms with Crippen LogP contribution in [0, 0.1) is 11.8 Å². The summed E-state index contributed by atoms with van der Waals surface area (Å²) in [6, 6.07) is -0.0667. The molecule has 11 heteroatoms. The molecule has 3 aliphatic rings. The molecule has 2 saturated carbocycles. The Bertz CT molecular complexity index is 1020. The topological polar surface area (TPSA) is 119 Å². The van der Waals surface area contributed by atoms with Gasteiger partial charge < -0.3 is 10.6 Å². The van der Waals surface area contributed by atoms with E-state index in [1.54, 1.807) is 10.9 Å². The van der Waals surface area contributed by atoms with E-state index in [1.807, 2.05) is 0 Å². The second-order valence-electron chi connectivity index (χ2n) is 8.38. The van der Waals surface area contributed by atoms with Crippen molar-refractivity contribution in [3.05, 3.63) is 16.0 Å². The first-order chi connectivity index (χ1) is 14.5. The lowest BCUT2D eigenvalue weighted by Crippen LogP contribution is -2.29. The average molecular weight is 449 g/mol. The third-order valence-corrected chi connectivity index (χ3v) is 7.95. The minimum atomic E-state index is -1.29. The SMILES string of the molecule is CS(=O)c1nnnn1C1CCc2sc(NC(=O)C3CC3)c(C(=O)NCC3CC3)c2C1. The number of hydrogen-bond donors (Lipinski definition) is 2. The van der Waals surface area contributed by atoms with Gasteiger partial charge in [-0.05, 0) is 66.9 Å². The number of carbonyl (C=O) groups excluding carboxylic acids is 2. The number of aromatic nitrogens is 4. The first-order valence-corrected chi connectivity index (χ1v) is 12.7. The summed E-state index contributed by atoms with van der Waals surface area (Å²) in [5.74, 6) is 0.527. The smallest absolute Gasteiger partial charge is 0.254 e. The Morgan fingerprint density at radius 2 is 2.03 bits per heavy atom. The Balaban J connectivity index is 1.45. The molecule has 2 atom stereocenters. The molecule has 0 saturated heterocycles. The summed E-state index contributed by atoms with van der Waals surface area (Å²) >= 11 is 1.51. The summed E-state index contributed by atoms with van der Waals surface area (Å²) in [7, 11) is -1.29. The van der Waals surface area contributed by atoms with Crippen molar-refractivity contribution in [3.63, 3.8) is 0 Å². The zero-order chi connectivity index (χ0) is 20.8. The van der Waals surface area contributed by atoms with Crippen LogP contribution >= 0.6 is 11.3 Å². The zero-order valence-corrected chi connectivity index (χ0v) is 18.4. The number of aryl methyl sites for hydroxylation is 1. The first-order valence-electron chi connectivity index (χ1n) is 10.4. The van der Waals surface area contributed by atoms with Crippen molar-refractivity contribution < 1.29 is 13.8 Å². The quantitative estimate of drug-likeness (QED) is 0.665. The first kappa shape index (κ1) is 19.8. The van der Waals surface area contributed by atoms with E-state index in [0.717, 1.165) is 49.0 Å². The number of nitrogens with one attached hydrogen (secondary N) is 2. The van der Waals surface area contributed by atoms with Crippen LogP contribution in [-0.4, -0.2) is 49.0 Å². The van der Waals surface area contributed by atoms with E-state index in [0.29, 0.717) is 34.6 Å². The van der Waals surface area contributed by atoms with Crippen molar-refractivity contribution in [1.82, 2.24) is 25.5 Å². The standard InChI is InChI=1S/C19H24N6O3S2/c1-30(28)19-22-23-24-25(19)12-6-7-14-13(8-12)15(17(27)20-9-10-2-3-10)18(29-14)21-16(26)11-4-5-11/h10-12H,2-9H2,1H3,(H,20,27)(H,21,26). The zero-order valence-electron chi connectivity index (χ0n) is 16.7. The lowest BCUT2D eigenvalue weighted by Gasteiger charge is -2.23. The maximum Gasteiger partial charge on any atom is 0.254 e. The van der Waals surface area contributed by atoms with Crippen molar-refractivity contribution in [2.45, 2.75) is 56.1 Å². The molecule has 160 valence electrons. The predicted molar refractivity (Wildman–Crippen MR) is 112 cm³/mol. The normalized spacial score (nSPS) is 21.7. The number of nitrogens with zero attached hydrogens (tertiary/aromatic N) is 4. The Morgan fingerprint density at radius 1 is 1.23 bits per heavy atom. The molecule has 0 aromatic carbocycles. The maximum atomic E-state index is 13.1. The average Bonchev–Trinajstić information content (AvgIpc) is 3.64. The van der Waals surface area contributed by atoms with E-state index >= 15 is 0 Å². The van der Waals surface area contributed by atoms with Gasteiger partial charge in [0.1, 0.15) is 5.00 Å². The Kier molecular flexibility index (Phi) is 5.18. The molecule has 30 heavy (non-hydrogen) atoms. The molecule has 3 aliphatic carbocycles. The largest absolute Gasteiger partial charge is 0.352 e. The van der Waals surface area contributed by atoms with Gasteiger partial charge in [0.05, 0.1) is 22.4 Å². The number of hydrogen-bond acceptors (Lipinski definition) is 7. The van der Waals surface area contributed by atoms with Crippen LogP contribution in [0.15, 0.2) is 5.16 Å². The number of anilines is 1. The molecular formula is C19H24N6O3S2. The molecule has 2 heterocycles. The van der Waals surface area contributed by atoms with Gasteiger partial charge in [-0.1, -0.05) is 5.10 Å². The molecule has 2 unspecified atom stereocenters. The van der Waals surface area contributed by atoms with E-state index in [-0.39, 0.29) is 23.8 Å². The van der Waals surface area contributed by atoms with Crippen molar-refractivity contribution >= 4 is 39.0 Å². The number of rotatable bonds is 7. The number of thiophene rings is 1. The van der Waals surface area contributed by atoms with Gasteiger partial charge in [-0.2, -0.15) is 0 Å². The third kappa shape index (κ3) is 3.92. The third-order valence-electron chi connectivity index (χ3n) is 5.96. The van der Waals surface area contributed by atoms with Gasteiger partial charge in [-0.15, -0.1) is 11.3 Å². The lowest BCUT2D eigenvalue weighted by atomic mass is 9.91.